The number of ether oxygens (including phenoxy) is 2. The maximum atomic E-state index is 12.4. The number of Topliss-reactive ketones (excluding diaryl/α,β-unsaturated/α-hetero) is 1. The Kier molecular flexibility index (Phi) is 20.4. The first-order valence-electron chi connectivity index (χ1n) is 16.9. The molecule has 3 rings (SSSR count). The van der Waals surface area contributed by atoms with Gasteiger partial charge in [-0.05, 0) is 71.7 Å². The van der Waals surface area contributed by atoms with Gasteiger partial charge < -0.3 is 43.7 Å². The van der Waals surface area contributed by atoms with Crippen LogP contribution in [0.2, 0.25) is 18.1 Å². The second-order valence-corrected chi connectivity index (χ2v) is 23.0. The van der Waals surface area contributed by atoms with Crippen molar-refractivity contribution in [2.24, 2.45) is 11.8 Å². The molecule has 1 N–H and O–H groups in total. The van der Waals surface area contributed by atoms with Crippen LogP contribution in [0.5, 0.6) is 0 Å². The largest absolute Gasteiger partial charge is 2.00 e. The number of likely N-dealkylation sites (tertiary alicyclic amines) is 2. The van der Waals surface area contributed by atoms with Crippen molar-refractivity contribution in [3.8, 4) is 0 Å². The van der Waals surface area contributed by atoms with E-state index in [1.807, 2.05) is 39.0 Å². The van der Waals surface area contributed by atoms with Crippen LogP contribution >= 0.6 is 0 Å². The summed E-state index contributed by atoms with van der Waals surface area (Å²) in [7, 11) is -5.56. The molecule has 0 bridgehead atoms. The van der Waals surface area contributed by atoms with Gasteiger partial charge >= 0.3 is 35.2 Å². The van der Waals surface area contributed by atoms with Crippen molar-refractivity contribution < 1.29 is 46.0 Å². The second kappa shape index (κ2) is 20.2. The Hall–Kier alpha value is -1.76. The van der Waals surface area contributed by atoms with Crippen LogP contribution in [-0.4, -0.2) is 130 Å². The van der Waals surface area contributed by atoms with Gasteiger partial charge in [-0.25, -0.2) is 9.59 Å². The Labute approximate surface area is 332 Å². The number of benzene rings is 1. The molecule has 0 aliphatic carbocycles. The van der Waals surface area contributed by atoms with Crippen LogP contribution in [0.3, 0.4) is 0 Å². The number of carbonyl (C=O) groups excluding carboxylic acids is 3. The second-order valence-electron chi connectivity index (χ2n) is 16.6. The SMILES string of the molecule is CC(C)(C)OC(=O)N1CCC(=O)C(CO[Si](C)(C)C(C)(C)C)C1.CC(C)(C)OC(=O)N1CCC(O)(c2ccccc2)C(COS(C)(=O)=O)C1.[CH3-].[CH3-].[Mg+2]. The summed E-state index contributed by atoms with van der Waals surface area (Å²) in [4.78, 5) is 39.8. The summed E-state index contributed by atoms with van der Waals surface area (Å²) < 4.78 is 44.7. The Bertz CT molecular complexity index is 1390. The summed E-state index contributed by atoms with van der Waals surface area (Å²) in [6, 6.07) is 9.03. The molecule has 2 fully saturated rings. The van der Waals surface area contributed by atoms with E-state index >= 15 is 0 Å². The molecule has 2 heterocycles. The van der Waals surface area contributed by atoms with Gasteiger partial charge in [-0.1, -0.05) is 51.1 Å². The van der Waals surface area contributed by atoms with Crippen molar-refractivity contribution in [2.75, 3.05) is 45.6 Å². The first-order valence-corrected chi connectivity index (χ1v) is 21.6. The summed E-state index contributed by atoms with van der Waals surface area (Å²) in [6.45, 7) is 23.2. The minimum Gasteiger partial charge on any atom is -0.444 e. The van der Waals surface area contributed by atoms with Gasteiger partial charge in [-0.3, -0.25) is 8.98 Å². The van der Waals surface area contributed by atoms with Crippen LogP contribution in [0.1, 0.15) is 80.7 Å². The Balaban J connectivity index is 0. The van der Waals surface area contributed by atoms with Crippen LogP contribution in [0.4, 0.5) is 9.59 Å². The molecule has 0 aromatic heterocycles. The van der Waals surface area contributed by atoms with Crippen LogP contribution in [-0.2, 0) is 38.6 Å². The molecule has 0 spiro atoms. The first kappa shape index (κ1) is 52.3. The van der Waals surface area contributed by atoms with Crippen LogP contribution < -0.4 is 0 Å². The summed E-state index contributed by atoms with van der Waals surface area (Å²) in [6.07, 6.45) is 0.765. The third kappa shape index (κ3) is 16.7. The van der Waals surface area contributed by atoms with E-state index in [0.717, 1.165) is 6.26 Å². The fourth-order valence-electron chi connectivity index (χ4n) is 5.09. The Morgan fingerprint density at radius 2 is 1.35 bits per heavy atom. The van der Waals surface area contributed by atoms with Gasteiger partial charge in [-0.2, -0.15) is 8.42 Å². The summed E-state index contributed by atoms with van der Waals surface area (Å²) in [5.74, 6) is -0.671. The van der Waals surface area contributed by atoms with Crippen molar-refractivity contribution >= 4 is 59.5 Å². The predicted molar refractivity (Wildman–Crippen MR) is 210 cm³/mol. The quantitative estimate of drug-likeness (QED) is 0.186. The number of ketones is 1. The zero-order valence-corrected chi connectivity index (χ0v) is 37.6. The van der Waals surface area contributed by atoms with Gasteiger partial charge in [0.15, 0.2) is 8.32 Å². The molecule has 15 heteroatoms. The molecule has 2 aliphatic rings. The van der Waals surface area contributed by atoms with Gasteiger partial charge in [0, 0.05) is 45.1 Å². The van der Waals surface area contributed by atoms with E-state index in [0.29, 0.717) is 38.2 Å². The molecular formula is C37H66MgN2O10SSi. The van der Waals surface area contributed by atoms with Crippen molar-refractivity contribution in [3.63, 3.8) is 0 Å². The third-order valence-corrected chi connectivity index (χ3v) is 14.0. The minimum atomic E-state index is -3.67. The molecule has 2 aliphatic heterocycles. The Morgan fingerprint density at radius 1 is 0.865 bits per heavy atom. The molecule has 296 valence electrons. The molecule has 0 saturated carbocycles. The standard InChI is InChI=1S/C18H27NO6S.C17H33NO4Si.2CH3.Mg/c1-17(2,3)25-16(20)19-11-10-18(21,14-8-6-5-7-9-14)15(12-19)13-24-26(4,22)23;1-16(2,3)22-15(20)18-10-9-14(19)13(11-18)12-21-23(7,8)17(4,5)6;;;/h5-9,15,21H,10-13H2,1-4H3;13H,9-12H2,1-8H3;2*1H3;/q;;2*-1;+2. The number of carbonyl (C=O) groups is 3. The third-order valence-electron chi connectivity index (χ3n) is 8.92. The van der Waals surface area contributed by atoms with Crippen LogP contribution in [0.15, 0.2) is 30.3 Å². The monoisotopic (exact) mass is 782 g/mol. The number of rotatable bonds is 7. The average molecular weight is 783 g/mol. The molecule has 1 aromatic carbocycles. The fraction of sp³-hybridized carbons (Fsp3) is 0.703. The van der Waals surface area contributed by atoms with E-state index in [9.17, 15) is 27.9 Å². The van der Waals surface area contributed by atoms with Crippen molar-refractivity contribution in [1.29, 1.82) is 0 Å². The predicted octanol–water partition coefficient (Wildman–Crippen LogP) is 6.46. The molecule has 3 atom stereocenters. The Morgan fingerprint density at radius 3 is 1.79 bits per heavy atom. The van der Waals surface area contributed by atoms with E-state index < -0.39 is 47.2 Å². The molecule has 2 amide bonds. The first-order chi connectivity index (χ1) is 22.1. The van der Waals surface area contributed by atoms with Gasteiger partial charge in [0.2, 0.25) is 0 Å². The minimum absolute atomic E-state index is 0. The van der Waals surface area contributed by atoms with Gasteiger partial charge in [0.05, 0.1) is 24.4 Å². The van der Waals surface area contributed by atoms with Crippen LogP contribution in [0, 0.1) is 26.7 Å². The van der Waals surface area contributed by atoms with Crippen molar-refractivity contribution in [1.82, 2.24) is 9.80 Å². The number of aliphatic hydroxyl groups is 1. The molecule has 0 radical (unpaired) electrons. The van der Waals surface area contributed by atoms with Gasteiger partial charge in [0.25, 0.3) is 10.1 Å². The number of nitrogens with zero attached hydrogens (tertiary/aromatic N) is 2. The number of hydrogen-bond acceptors (Lipinski definition) is 10. The normalized spacial score (nSPS) is 21.3. The maximum absolute atomic E-state index is 12.4. The number of amides is 2. The molecule has 52 heavy (non-hydrogen) atoms. The molecular weight excluding hydrogens is 717 g/mol. The summed E-state index contributed by atoms with van der Waals surface area (Å²) >= 11 is 0. The zero-order chi connectivity index (χ0) is 37.6. The topological polar surface area (TPSA) is 149 Å². The summed E-state index contributed by atoms with van der Waals surface area (Å²) in [5, 5.41) is 11.4. The number of piperidine rings is 2. The molecule has 1 aromatic rings. The maximum Gasteiger partial charge on any atom is 2.00 e. The summed E-state index contributed by atoms with van der Waals surface area (Å²) in [5.41, 5.74) is -1.77. The molecule has 2 saturated heterocycles. The van der Waals surface area contributed by atoms with Crippen molar-refractivity contribution in [2.45, 2.75) is 110 Å². The van der Waals surface area contributed by atoms with Crippen molar-refractivity contribution in [3.05, 3.63) is 50.7 Å². The van der Waals surface area contributed by atoms with Gasteiger partial charge in [-0.15, -0.1) is 0 Å². The smallest absolute Gasteiger partial charge is 0.444 e. The van der Waals surface area contributed by atoms with E-state index in [2.05, 4.69) is 33.9 Å². The number of hydrogen-bond donors (Lipinski definition) is 1. The molecule has 12 nitrogen and oxygen atoms in total. The van der Waals surface area contributed by atoms with Gasteiger partial charge in [0.1, 0.15) is 17.0 Å². The zero-order valence-electron chi connectivity index (χ0n) is 34.3. The van der Waals surface area contributed by atoms with E-state index in [-0.39, 0.29) is 80.3 Å². The molecule has 3 unspecified atom stereocenters. The average Bonchev–Trinajstić information content (AvgIpc) is 2.94. The fourth-order valence-corrected chi connectivity index (χ4v) is 6.55. The van der Waals surface area contributed by atoms with E-state index in [1.54, 1.807) is 37.8 Å². The van der Waals surface area contributed by atoms with Crippen LogP contribution in [0.25, 0.3) is 0 Å². The van der Waals surface area contributed by atoms with E-state index in [1.165, 1.54) is 4.90 Å². The van der Waals surface area contributed by atoms with E-state index in [4.69, 9.17) is 18.1 Å².